The molecule has 0 heterocycles. The van der Waals surface area contributed by atoms with Crippen molar-refractivity contribution in [3.05, 3.63) is 29.8 Å². The van der Waals surface area contributed by atoms with Crippen molar-refractivity contribution < 1.29 is 8.76 Å². The first-order valence-corrected chi connectivity index (χ1v) is 4.43. The van der Waals surface area contributed by atoms with E-state index in [1.54, 1.807) is 24.3 Å². The number of benzene rings is 1. The fraction of sp³-hybridized carbons (Fsp3) is 0.143. The van der Waals surface area contributed by atoms with Gasteiger partial charge in [-0.25, -0.2) is 4.72 Å². The summed E-state index contributed by atoms with van der Waals surface area (Å²) in [7, 11) is 0. The van der Waals surface area contributed by atoms with E-state index in [4.69, 9.17) is 5.73 Å². The summed E-state index contributed by atoms with van der Waals surface area (Å²) in [4.78, 5) is 0. The Morgan fingerprint density at radius 1 is 1.42 bits per heavy atom. The molecule has 0 saturated heterocycles. The predicted octanol–water partition coefficient (Wildman–Crippen LogP) is 0.152. The van der Waals surface area contributed by atoms with Crippen LogP contribution in [-0.2, 0) is 17.8 Å². The van der Waals surface area contributed by atoms with Crippen molar-refractivity contribution in [1.29, 1.82) is 0 Å². The molecule has 12 heavy (non-hydrogen) atoms. The van der Waals surface area contributed by atoms with Crippen LogP contribution < -0.4 is 10.5 Å². The number of anilines is 1. The second-order valence-corrected chi connectivity index (χ2v) is 3.06. The first kappa shape index (κ1) is 9.18. The highest BCUT2D eigenvalue weighted by molar-refractivity contribution is 7.77. The van der Waals surface area contributed by atoms with Crippen molar-refractivity contribution in [3.63, 3.8) is 0 Å². The topological polar surface area (TPSA) is 78.2 Å². The zero-order valence-electron chi connectivity index (χ0n) is 6.32. The number of nitrogen functional groups attached to an aromatic ring is 1. The van der Waals surface area contributed by atoms with Gasteiger partial charge in [0.15, 0.2) is 0 Å². The molecular weight excluding hydrogens is 176 g/mol. The first-order chi connectivity index (χ1) is 5.68. The average molecular weight is 185 g/mol. The van der Waals surface area contributed by atoms with Gasteiger partial charge in [0.25, 0.3) is 0 Å². The molecule has 66 valence electrons. The predicted molar refractivity (Wildman–Crippen MR) is 46.6 cm³/mol. The molecule has 3 N–H and O–H groups in total. The average Bonchev–Trinajstić information content (AvgIpc) is 2.03. The largest absolute Gasteiger partial charge is 0.760 e. The monoisotopic (exact) mass is 185 g/mol. The lowest BCUT2D eigenvalue weighted by atomic mass is 10.2. The molecule has 0 aromatic heterocycles. The van der Waals surface area contributed by atoms with Crippen molar-refractivity contribution >= 4 is 17.0 Å². The lowest BCUT2D eigenvalue weighted by Crippen LogP contribution is -2.15. The smallest absolute Gasteiger partial charge is 0.0322 e. The van der Waals surface area contributed by atoms with Crippen LogP contribution in [0.25, 0.3) is 0 Å². The Balaban J connectivity index is 2.53. The molecule has 1 aromatic carbocycles. The van der Waals surface area contributed by atoms with E-state index in [1.165, 1.54) is 0 Å². The normalized spacial score (nSPS) is 12.8. The van der Waals surface area contributed by atoms with Gasteiger partial charge in [-0.2, -0.15) is 0 Å². The van der Waals surface area contributed by atoms with Gasteiger partial charge in [-0.15, -0.1) is 0 Å². The van der Waals surface area contributed by atoms with Crippen LogP contribution in [0.1, 0.15) is 5.56 Å². The summed E-state index contributed by atoms with van der Waals surface area (Å²) in [6.07, 6.45) is 0. The number of hydrogen-bond acceptors (Lipinski definition) is 3. The molecule has 0 amide bonds. The fourth-order valence-corrected chi connectivity index (χ4v) is 1.06. The van der Waals surface area contributed by atoms with Crippen LogP contribution in [0.5, 0.6) is 0 Å². The van der Waals surface area contributed by atoms with Gasteiger partial charge < -0.3 is 10.3 Å². The van der Waals surface area contributed by atoms with Gasteiger partial charge in [0.05, 0.1) is 0 Å². The third-order valence-corrected chi connectivity index (χ3v) is 1.75. The van der Waals surface area contributed by atoms with E-state index in [9.17, 15) is 8.76 Å². The van der Waals surface area contributed by atoms with Gasteiger partial charge in [0, 0.05) is 23.5 Å². The van der Waals surface area contributed by atoms with Gasteiger partial charge in [0.2, 0.25) is 0 Å². The quantitative estimate of drug-likeness (QED) is 0.520. The van der Waals surface area contributed by atoms with E-state index in [-0.39, 0.29) is 0 Å². The van der Waals surface area contributed by atoms with Gasteiger partial charge in [-0.3, -0.25) is 4.21 Å². The van der Waals surface area contributed by atoms with Crippen molar-refractivity contribution in [2.45, 2.75) is 6.54 Å². The zero-order valence-corrected chi connectivity index (χ0v) is 7.14. The molecule has 1 unspecified atom stereocenters. The lowest BCUT2D eigenvalue weighted by molar-refractivity contribution is 0.522. The SMILES string of the molecule is Nc1ccc(CNS(=O)[O-])cc1. The molecule has 0 aliphatic carbocycles. The molecule has 0 saturated carbocycles. The molecule has 0 radical (unpaired) electrons. The number of hydrogen-bond donors (Lipinski definition) is 2. The molecule has 1 aromatic rings. The highest BCUT2D eigenvalue weighted by Gasteiger charge is 1.90. The summed E-state index contributed by atoms with van der Waals surface area (Å²) in [5, 5.41) is 0. The van der Waals surface area contributed by atoms with Crippen LogP contribution in [0.2, 0.25) is 0 Å². The van der Waals surface area contributed by atoms with Gasteiger partial charge in [0.1, 0.15) is 0 Å². The number of nitrogens with two attached hydrogens (primary N) is 1. The Kier molecular flexibility index (Phi) is 3.21. The van der Waals surface area contributed by atoms with Crippen LogP contribution >= 0.6 is 0 Å². The molecule has 0 bridgehead atoms. The highest BCUT2D eigenvalue weighted by atomic mass is 32.2. The Bertz CT molecular complexity index is 273. The third kappa shape index (κ3) is 3.00. The fourth-order valence-electron chi connectivity index (χ4n) is 0.778. The first-order valence-electron chi connectivity index (χ1n) is 3.35. The summed E-state index contributed by atoms with van der Waals surface area (Å²) >= 11 is -2.20. The van der Waals surface area contributed by atoms with E-state index in [0.29, 0.717) is 12.2 Å². The lowest BCUT2D eigenvalue weighted by Gasteiger charge is -2.06. The standard InChI is InChI=1S/C7H10N2O2S/c8-7-3-1-6(2-4-7)5-9-12(10)11/h1-4,9H,5,8H2,(H,10,11)/p-1. The van der Waals surface area contributed by atoms with Gasteiger partial charge >= 0.3 is 0 Å². The van der Waals surface area contributed by atoms with Gasteiger partial charge in [-0.1, -0.05) is 12.1 Å². The third-order valence-electron chi connectivity index (χ3n) is 1.37. The van der Waals surface area contributed by atoms with Crippen molar-refractivity contribution in [2.24, 2.45) is 0 Å². The Hall–Kier alpha value is -0.910. The molecule has 0 aliphatic heterocycles. The van der Waals surface area contributed by atoms with E-state index < -0.39 is 11.3 Å². The van der Waals surface area contributed by atoms with Crippen LogP contribution in [0.4, 0.5) is 5.69 Å². The van der Waals surface area contributed by atoms with Crippen molar-refractivity contribution in [3.8, 4) is 0 Å². The molecule has 0 aliphatic rings. The summed E-state index contributed by atoms with van der Waals surface area (Å²) in [6, 6.07) is 7.00. The van der Waals surface area contributed by atoms with E-state index in [2.05, 4.69) is 4.72 Å². The Labute approximate surface area is 73.2 Å². The minimum atomic E-state index is -2.20. The van der Waals surface area contributed by atoms with Crippen molar-refractivity contribution in [1.82, 2.24) is 4.72 Å². The second-order valence-electron chi connectivity index (χ2n) is 2.30. The maximum absolute atomic E-state index is 10.1. The van der Waals surface area contributed by atoms with Crippen LogP contribution in [-0.4, -0.2) is 8.76 Å². The molecule has 0 spiro atoms. The molecule has 1 rings (SSSR count). The minimum absolute atomic E-state index is 0.302. The van der Waals surface area contributed by atoms with Crippen molar-refractivity contribution in [2.75, 3.05) is 5.73 Å². The molecule has 5 heteroatoms. The summed E-state index contributed by atoms with van der Waals surface area (Å²) in [5.74, 6) is 0. The maximum atomic E-state index is 10.1. The summed E-state index contributed by atoms with van der Waals surface area (Å²) in [6.45, 7) is 0.302. The van der Waals surface area contributed by atoms with Crippen LogP contribution in [0, 0.1) is 0 Å². The van der Waals surface area contributed by atoms with Crippen LogP contribution in [0.15, 0.2) is 24.3 Å². The Morgan fingerprint density at radius 3 is 2.50 bits per heavy atom. The summed E-state index contributed by atoms with van der Waals surface area (Å²) in [5.41, 5.74) is 6.99. The maximum Gasteiger partial charge on any atom is 0.0322 e. The molecule has 1 atom stereocenters. The van der Waals surface area contributed by atoms with E-state index in [1.807, 2.05) is 0 Å². The molecule has 4 nitrogen and oxygen atoms in total. The van der Waals surface area contributed by atoms with Gasteiger partial charge in [-0.05, 0) is 17.7 Å². The zero-order chi connectivity index (χ0) is 8.97. The second kappa shape index (κ2) is 4.20. The van der Waals surface area contributed by atoms with E-state index in [0.717, 1.165) is 5.56 Å². The molecular formula is C7H9N2O2S-. The summed E-state index contributed by atoms with van der Waals surface area (Å²) < 4.78 is 22.5. The Morgan fingerprint density at radius 2 is 2.00 bits per heavy atom. The van der Waals surface area contributed by atoms with Crippen LogP contribution in [0.3, 0.4) is 0 Å². The highest BCUT2D eigenvalue weighted by Crippen LogP contribution is 2.04. The molecule has 0 fully saturated rings. The number of rotatable bonds is 3. The van der Waals surface area contributed by atoms with E-state index >= 15 is 0 Å². The number of nitrogens with one attached hydrogen (secondary N) is 1. The minimum Gasteiger partial charge on any atom is -0.760 e.